The van der Waals surface area contributed by atoms with E-state index in [0.29, 0.717) is 16.6 Å². The van der Waals surface area contributed by atoms with Gasteiger partial charge in [0.2, 0.25) is 5.88 Å². The minimum absolute atomic E-state index is 0.160. The Labute approximate surface area is 148 Å². The van der Waals surface area contributed by atoms with E-state index in [1.807, 2.05) is 0 Å². The fourth-order valence-corrected chi connectivity index (χ4v) is 2.94. The largest absolute Gasteiger partial charge is 0.481 e. The zero-order chi connectivity index (χ0) is 18.6. The fourth-order valence-electron chi connectivity index (χ4n) is 2.17. The molecule has 4 nitrogen and oxygen atoms in total. The first-order chi connectivity index (χ1) is 11.8. The van der Waals surface area contributed by atoms with E-state index in [4.69, 9.17) is 4.74 Å². The van der Waals surface area contributed by atoms with Crippen LogP contribution in [0.2, 0.25) is 0 Å². The summed E-state index contributed by atoms with van der Waals surface area (Å²) in [5.41, 5.74) is -0.512. The number of aryl methyl sites for hydroxylation is 1. The lowest BCUT2D eigenvalue weighted by molar-refractivity contribution is -0.138. The van der Waals surface area contributed by atoms with Gasteiger partial charge in [0.1, 0.15) is 5.82 Å². The summed E-state index contributed by atoms with van der Waals surface area (Å²) in [6.45, 7) is 1.65. The van der Waals surface area contributed by atoms with Crippen LogP contribution in [0.3, 0.4) is 0 Å². The molecule has 0 aliphatic rings. The van der Waals surface area contributed by atoms with E-state index in [-0.39, 0.29) is 17.2 Å². The highest BCUT2D eigenvalue weighted by Gasteiger charge is 2.33. The van der Waals surface area contributed by atoms with Crippen molar-refractivity contribution in [3.8, 4) is 5.88 Å². The number of hydrogen-bond donors (Lipinski definition) is 0. The molecule has 0 N–H and O–H groups in total. The summed E-state index contributed by atoms with van der Waals surface area (Å²) < 4.78 is 43.9. The lowest BCUT2D eigenvalue weighted by Crippen LogP contribution is -2.22. The number of pyridine rings is 1. The number of thioether (sulfide) groups is 1. The van der Waals surface area contributed by atoms with Gasteiger partial charge in [-0.15, -0.1) is 0 Å². The molecule has 1 amide bonds. The molecule has 0 fully saturated rings. The van der Waals surface area contributed by atoms with Crippen LogP contribution in [0.5, 0.6) is 5.88 Å². The van der Waals surface area contributed by atoms with Crippen molar-refractivity contribution >= 4 is 22.8 Å². The Kier molecular flexibility index (Phi) is 5.94. The summed E-state index contributed by atoms with van der Waals surface area (Å²) in [5.74, 6) is 0.754. The van der Waals surface area contributed by atoms with Crippen molar-refractivity contribution in [2.75, 3.05) is 19.1 Å². The molecule has 1 heterocycles. The Hall–Kier alpha value is -2.22. The van der Waals surface area contributed by atoms with E-state index in [1.165, 1.54) is 24.1 Å². The van der Waals surface area contributed by atoms with Crippen LogP contribution in [0, 0.1) is 0 Å². The standard InChI is InChI=1S/C17H17F3N2O2S/c1-4-11-10-12(8-9-13(11)17(18,19)20)25-16(23)22(2)14-6-5-7-15(21-14)24-3/h5-10H,4H2,1-3H3. The predicted molar refractivity (Wildman–Crippen MR) is 91.3 cm³/mol. The third kappa shape index (κ3) is 4.66. The Morgan fingerprint density at radius 3 is 2.60 bits per heavy atom. The second-order valence-electron chi connectivity index (χ2n) is 5.14. The van der Waals surface area contributed by atoms with Gasteiger partial charge in [-0.1, -0.05) is 13.0 Å². The highest BCUT2D eigenvalue weighted by atomic mass is 32.2. The molecular weight excluding hydrogens is 353 g/mol. The van der Waals surface area contributed by atoms with Gasteiger partial charge in [-0.25, -0.2) is 0 Å². The molecule has 25 heavy (non-hydrogen) atoms. The number of carbonyl (C=O) groups is 1. The van der Waals surface area contributed by atoms with E-state index in [0.717, 1.165) is 17.8 Å². The zero-order valence-corrected chi connectivity index (χ0v) is 14.7. The molecule has 0 spiro atoms. The number of hydrogen-bond acceptors (Lipinski definition) is 4. The van der Waals surface area contributed by atoms with Crippen LogP contribution < -0.4 is 9.64 Å². The number of anilines is 1. The number of halogens is 3. The van der Waals surface area contributed by atoms with Crippen molar-refractivity contribution in [1.82, 2.24) is 4.98 Å². The molecule has 1 aromatic carbocycles. The number of alkyl halides is 3. The van der Waals surface area contributed by atoms with Gasteiger partial charge >= 0.3 is 6.18 Å². The Bertz CT molecular complexity index is 766. The molecule has 2 aromatic rings. The van der Waals surface area contributed by atoms with Crippen LogP contribution in [0.1, 0.15) is 18.1 Å². The van der Waals surface area contributed by atoms with Gasteiger partial charge in [0.05, 0.1) is 12.7 Å². The van der Waals surface area contributed by atoms with E-state index in [1.54, 1.807) is 32.2 Å². The van der Waals surface area contributed by atoms with Gasteiger partial charge < -0.3 is 4.74 Å². The maximum absolute atomic E-state index is 12.9. The molecule has 0 atom stereocenters. The third-order valence-electron chi connectivity index (χ3n) is 3.50. The van der Waals surface area contributed by atoms with Gasteiger partial charge in [0.15, 0.2) is 0 Å². The number of aromatic nitrogens is 1. The molecule has 0 radical (unpaired) electrons. The number of ether oxygens (including phenoxy) is 1. The topological polar surface area (TPSA) is 42.4 Å². The molecule has 1 aromatic heterocycles. The van der Waals surface area contributed by atoms with Crippen molar-refractivity contribution in [3.63, 3.8) is 0 Å². The summed E-state index contributed by atoms with van der Waals surface area (Å²) in [6, 6.07) is 8.71. The van der Waals surface area contributed by atoms with Gasteiger partial charge in [0.25, 0.3) is 5.24 Å². The quantitative estimate of drug-likeness (QED) is 0.709. The molecule has 2 rings (SSSR count). The molecule has 0 unspecified atom stereocenters. The van der Waals surface area contributed by atoms with Gasteiger partial charge in [0, 0.05) is 18.0 Å². The molecule has 0 saturated heterocycles. The number of amides is 1. The average molecular weight is 370 g/mol. The van der Waals surface area contributed by atoms with Crippen LogP contribution in [0.15, 0.2) is 41.3 Å². The minimum Gasteiger partial charge on any atom is -0.481 e. The third-order valence-corrected chi connectivity index (χ3v) is 4.44. The number of rotatable bonds is 4. The molecule has 134 valence electrons. The lowest BCUT2D eigenvalue weighted by Gasteiger charge is -2.17. The second-order valence-corrected chi connectivity index (χ2v) is 6.16. The van der Waals surface area contributed by atoms with Gasteiger partial charge in [-0.2, -0.15) is 18.2 Å². The van der Waals surface area contributed by atoms with Gasteiger partial charge in [-0.3, -0.25) is 9.69 Å². The molecule has 0 aliphatic heterocycles. The van der Waals surface area contributed by atoms with Crippen molar-refractivity contribution in [1.29, 1.82) is 0 Å². The molecule has 8 heteroatoms. The first-order valence-corrected chi connectivity index (χ1v) is 8.24. The first-order valence-electron chi connectivity index (χ1n) is 7.43. The van der Waals surface area contributed by atoms with Crippen LogP contribution in [0.4, 0.5) is 23.8 Å². The van der Waals surface area contributed by atoms with E-state index >= 15 is 0 Å². The number of benzene rings is 1. The fraction of sp³-hybridized carbons (Fsp3) is 0.294. The first kappa shape index (κ1) is 19.1. The summed E-state index contributed by atoms with van der Waals surface area (Å²) in [7, 11) is 3.01. The maximum atomic E-state index is 12.9. The molecule has 0 aliphatic carbocycles. The zero-order valence-electron chi connectivity index (χ0n) is 13.9. The summed E-state index contributed by atoms with van der Waals surface area (Å²) in [5, 5.41) is -0.359. The molecular formula is C17H17F3N2O2S. The van der Waals surface area contributed by atoms with Crippen molar-refractivity contribution < 1.29 is 22.7 Å². The molecule has 0 saturated carbocycles. The van der Waals surface area contributed by atoms with Crippen molar-refractivity contribution in [2.45, 2.75) is 24.4 Å². The minimum atomic E-state index is -4.40. The van der Waals surface area contributed by atoms with Crippen LogP contribution in [0.25, 0.3) is 0 Å². The highest BCUT2D eigenvalue weighted by Crippen LogP contribution is 2.35. The SMILES string of the molecule is CCc1cc(SC(=O)N(C)c2cccc(OC)n2)ccc1C(F)(F)F. The summed E-state index contributed by atoms with van der Waals surface area (Å²) in [4.78, 5) is 18.3. The van der Waals surface area contributed by atoms with E-state index < -0.39 is 11.7 Å². The maximum Gasteiger partial charge on any atom is 0.416 e. The average Bonchev–Trinajstić information content (AvgIpc) is 2.59. The Morgan fingerprint density at radius 1 is 1.28 bits per heavy atom. The summed E-state index contributed by atoms with van der Waals surface area (Å²) in [6.07, 6.45) is -4.18. The van der Waals surface area contributed by atoms with E-state index in [9.17, 15) is 18.0 Å². The number of carbonyl (C=O) groups excluding carboxylic acids is 1. The second kappa shape index (κ2) is 7.77. The monoisotopic (exact) mass is 370 g/mol. The Morgan fingerprint density at radius 2 is 2.00 bits per heavy atom. The van der Waals surface area contributed by atoms with Crippen LogP contribution in [-0.2, 0) is 12.6 Å². The van der Waals surface area contributed by atoms with Gasteiger partial charge in [-0.05, 0) is 48.0 Å². The van der Waals surface area contributed by atoms with Crippen molar-refractivity contribution in [3.05, 3.63) is 47.5 Å². The highest BCUT2D eigenvalue weighted by molar-refractivity contribution is 8.13. The predicted octanol–water partition coefficient (Wildman–Crippen LogP) is 5.02. The summed E-state index contributed by atoms with van der Waals surface area (Å²) >= 11 is 0.848. The molecule has 0 bridgehead atoms. The normalized spacial score (nSPS) is 11.3. The smallest absolute Gasteiger partial charge is 0.416 e. The van der Waals surface area contributed by atoms with Crippen molar-refractivity contribution in [2.24, 2.45) is 0 Å². The number of methoxy groups -OCH3 is 1. The van der Waals surface area contributed by atoms with Crippen LogP contribution in [-0.4, -0.2) is 24.4 Å². The van der Waals surface area contributed by atoms with E-state index in [2.05, 4.69) is 4.98 Å². The number of nitrogens with zero attached hydrogens (tertiary/aromatic N) is 2. The van der Waals surface area contributed by atoms with Crippen LogP contribution >= 0.6 is 11.8 Å². The Balaban J connectivity index is 2.19. The lowest BCUT2D eigenvalue weighted by atomic mass is 10.1.